The van der Waals surface area contributed by atoms with Gasteiger partial charge in [0.25, 0.3) is 11.5 Å². The van der Waals surface area contributed by atoms with E-state index >= 15 is 0 Å². The number of likely N-dealkylation sites (tertiary alicyclic amines) is 2. The first kappa shape index (κ1) is 22.3. The Kier molecular flexibility index (Phi) is 7.37. The molecule has 0 aliphatic carbocycles. The number of carbonyl (C=O) groups is 2. The third-order valence-corrected chi connectivity index (χ3v) is 6.42. The summed E-state index contributed by atoms with van der Waals surface area (Å²) in [5.41, 5.74) is 0.727. The number of hydrogen-bond acceptors (Lipinski definition) is 4. The van der Waals surface area contributed by atoms with Crippen molar-refractivity contribution in [3.05, 3.63) is 70.1 Å². The molecule has 32 heavy (non-hydrogen) atoms. The molecule has 0 bridgehead atoms. The fourth-order valence-electron chi connectivity index (χ4n) is 4.73. The van der Waals surface area contributed by atoms with Crippen molar-refractivity contribution < 1.29 is 9.59 Å². The Morgan fingerprint density at radius 1 is 0.969 bits per heavy atom. The zero-order valence-electron chi connectivity index (χ0n) is 18.5. The summed E-state index contributed by atoms with van der Waals surface area (Å²) in [5.74, 6) is -0.0233. The van der Waals surface area contributed by atoms with Crippen molar-refractivity contribution in [2.75, 3.05) is 32.7 Å². The van der Waals surface area contributed by atoms with Gasteiger partial charge in [-0.2, -0.15) is 0 Å². The van der Waals surface area contributed by atoms with E-state index in [0.29, 0.717) is 25.6 Å². The molecule has 1 N–H and O–H groups in total. The smallest absolute Gasteiger partial charge is 0.263 e. The van der Waals surface area contributed by atoms with Gasteiger partial charge in [-0.05, 0) is 62.4 Å². The first-order valence-corrected chi connectivity index (χ1v) is 11.6. The fourth-order valence-corrected chi connectivity index (χ4v) is 4.73. The summed E-state index contributed by atoms with van der Waals surface area (Å²) in [7, 11) is 0. The molecule has 7 nitrogen and oxygen atoms in total. The van der Waals surface area contributed by atoms with Gasteiger partial charge in [0, 0.05) is 32.4 Å². The van der Waals surface area contributed by atoms with Crippen molar-refractivity contribution in [3.8, 4) is 0 Å². The fraction of sp³-hybridized carbons (Fsp3) is 0.480. The average molecular weight is 437 g/mol. The van der Waals surface area contributed by atoms with Crippen LogP contribution in [0, 0.1) is 5.92 Å². The number of hydrogen-bond donors (Lipinski definition) is 1. The lowest BCUT2D eigenvalue weighted by Crippen LogP contribution is -2.45. The Morgan fingerprint density at radius 2 is 1.75 bits per heavy atom. The molecule has 1 aromatic heterocycles. The Bertz CT molecular complexity index is 982. The van der Waals surface area contributed by atoms with Crippen LogP contribution in [0.15, 0.2) is 53.5 Å². The SMILES string of the molecule is O=C(Cn1cccc(C(=O)N2CCC[C@@H](CN3CCCC3)C2)c1=O)NCc1ccccc1. The normalized spacial score (nSPS) is 19.1. The number of benzene rings is 1. The van der Waals surface area contributed by atoms with Gasteiger partial charge in [0.2, 0.25) is 5.91 Å². The maximum Gasteiger partial charge on any atom is 0.263 e. The Balaban J connectivity index is 1.37. The van der Waals surface area contributed by atoms with E-state index in [1.54, 1.807) is 18.3 Å². The Morgan fingerprint density at radius 3 is 2.53 bits per heavy atom. The molecule has 2 fully saturated rings. The predicted molar refractivity (Wildman–Crippen MR) is 123 cm³/mol. The Labute approximate surface area is 189 Å². The lowest BCUT2D eigenvalue weighted by Gasteiger charge is -2.34. The summed E-state index contributed by atoms with van der Waals surface area (Å²) < 4.78 is 1.32. The maximum atomic E-state index is 13.2. The molecule has 7 heteroatoms. The zero-order chi connectivity index (χ0) is 22.3. The lowest BCUT2D eigenvalue weighted by atomic mass is 9.97. The van der Waals surface area contributed by atoms with Crippen LogP contribution in [0.3, 0.4) is 0 Å². The van der Waals surface area contributed by atoms with Gasteiger partial charge in [-0.1, -0.05) is 30.3 Å². The number of rotatable bonds is 7. The van der Waals surface area contributed by atoms with Crippen LogP contribution in [-0.2, 0) is 17.9 Å². The van der Waals surface area contributed by atoms with Gasteiger partial charge in [0.15, 0.2) is 0 Å². The quantitative estimate of drug-likeness (QED) is 0.722. The number of amides is 2. The van der Waals surface area contributed by atoms with Crippen LogP contribution in [0.4, 0.5) is 0 Å². The molecule has 2 aliphatic heterocycles. The van der Waals surface area contributed by atoms with Crippen molar-refractivity contribution in [2.45, 2.75) is 38.8 Å². The van der Waals surface area contributed by atoms with Gasteiger partial charge in [0.1, 0.15) is 12.1 Å². The van der Waals surface area contributed by atoms with Crippen LogP contribution in [0.2, 0.25) is 0 Å². The van der Waals surface area contributed by atoms with Crippen molar-refractivity contribution in [1.29, 1.82) is 0 Å². The van der Waals surface area contributed by atoms with Crippen molar-refractivity contribution >= 4 is 11.8 Å². The molecule has 0 saturated carbocycles. The van der Waals surface area contributed by atoms with E-state index in [9.17, 15) is 14.4 Å². The zero-order valence-corrected chi connectivity index (χ0v) is 18.5. The van der Waals surface area contributed by atoms with E-state index < -0.39 is 5.56 Å². The highest BCUT2D eigenvalue weighted by Gasteiger charge is 2.28. The maximum absolute atomic E-state index is 13.2. The molecule has 170 valence electrons. The molecule has 1 atom stereocenters. The second-order valence-corrected chi connectivity index (χ2v) is 8.88. The molecule has 0 spiro atoms. The summed E-state index contributed by atoms with van der Waals surface area (Å²) >= 11 is 0. The molecule has 3 heterocycles. The molecule has 2 aromatic rings. The minimum atomic E-state index is -0.408. The minimum Gasteiger partial charge on any atom is -0.350 e. The number of carbonyl (C=O) groups excluding carboxylic acids is 2. The molecule has 0 radical (unpaired) electrons. The first-order chi connectivity index (χ1) is 15.6. The Hall–Kier alpha value is -2.93. The predicted octanol–water partition coefficient (Wildman–Crippen LogP) is 2.11. The van der Waals surface area contributed by atoms with Gasteiger partial charge >= 0.3 is 0 Å². The molecule has 0 unspecified atom stereocenters. The molecule has 2 saturated heterocycles. The largest absolute Gasteiger partial charge is 0.350 e. The van der Waals surface area contributed by atoms with Gasteiger partial charge in [0.05, 0.1) is 0 Å². The summed E-state index contributed by atoms with van der Waals surface area (Å²) in [6.07, 6.45) is 6.18. The van der Waals surface area contributed by atoms with Crippen LogP contribution < -0.4 is 10.9 Å². The summed E-state index contributed by atoms with van der Waals surface area (Å²) in [6, 6.07) is 12.9. The summed E-state index contributed by atoms with van der Waals surface area (Å²) in [5, 5.41) is 2.83. The van der Waals surface area contributed by atoms with Crippen molar-refractivity contribution in [3.63, 3.8) is 0 Å². The van der Waals surface area contributed by atoms with E-state index in [4.69, 9.17) is 0 Å². The highest BCUT2D eigenvalue weighted by Crippen LogP contribution is 2.21. The van der Waals surface area contributed by atoms with E-state index in [-0.39, 0.29) is 23.9 Å². The van der Waals surface area contributed by atoms with Crippen LogP contribution in [0.5, 0.6) is 0 Å². The van der Waals surface area contributed by atoms with Gasteiger partial charge in [-0.25, -0.2) is 0 Å². The molecular weight excluding hydrogens is 404 g/mol. The molecular formula is C25H32N4O3. The van der Waals surface area contributed by atoms with Crippen molar-refractivity contribution in [2.24, 2.45) is 5.92 Å². The highest BCUT2D eigenvalue weighted by molar-refractivity contribution is 5.94. The molecule has 1 aromatic carbocycles. The molecule has 2 amide bonds. The van der Waals surface area contributed by atoms with E-state index in [1.165, 1.54) is 17.4 Å². The number of aromatic nitrogens is 1. The number of pyridine rings is 1. The van der Waals surface area contributed by atoms with E-state index in [1.807, 2.05) is 35.2 Å². The number of nitrogens with one attached hydrogen (secondary N) is 1. The van der Waals surface area contributed by atoms with Crippen LogP contribution >= 0.6 is 0 Å². The van der Waals surface area contributed by atoms with Crippen molar-refractivity contribution in [1.82, 2.24) is 19.7 Å². The molecule has 4 rings (SSSR count). The summed E-state index contributed by atoms with van der Waals surface area (Å²) in [6.45, 7) is 5.01. The van der Waals surface area contributed by atoms with Gasteiger partial charge in [-0.3, -0.25) is 14.4 Å². The standard InChI is InChI=1S/C25H32N4O3/c30-23(26-16-20-8-2-1-3-9-20)19-29-15-7-11-22(25(29)32)24(31)28-14-6-10-21(18-28)17-27-12-4-5-13-27/h1-3,7-9,11,15,21H,4-6,10,12-14,16-19H2,(H,26,30)/t21-/m0/s1. The third kappa shape index (κ3) is 5.65. The van der Waals surface area contributed by atoms with Crippen LogP contribution in [-0.4, -0.2) is 58.9 Å². The van der Waals surface area contributed by atoms with Gasteiger partial charge in [-0.15, -0.1) is 0 Å². The third-order valence-electron chi connectivity index (χ3n) is 6.42. The topological polar surface area (TPSA) is 74.7 Å². The first-order valence-electron chi connectivity index (χ1n) is 11.6. The van der Waals surface area contributed by atoms with Crippen LogP contribution in [0.1, 0.15) is 41.6 Å². The second kappa shape index (κ2) is 10.6. The number of piperidine rings is 1. The van der Waals surface area contributed by atoms with Crippen LogP contribution in [0.25, 0.3) is 0 Å². The van der Waals surface area contributed by atoms with E-state index in [0.717, 1.165) is 38.0 Å². The molecule has 2 aliphatic rings. The second-order valence-electron chi connectivity index (χ2n) is 8.88. The summed E-state index contributed by atoms with van der Waals surface area (Å²) in [4.78, 5) is 42.8. The monoisotopic (exact) mass is 436 g/mol. The average Bonchev–Trinajstić information content (AvgIpc) is 3.32. The minimum absolute atomic E-state index is 0.107. The highest BCUT2D eigenvalue weighted by atomic mass is 16.2. The number of nitrogens with zero attached hydrogens (tertiary/aromatic N) is 3. The van der Waals surface area contributed by atoms with E-state index in [2.05, 4.69) is 10.2 Å². The lowest BCUT2D eigenvalue weighted by molar-refractivity contribution is -0.121. The van der Waals surface area contributed by atoms with Gasteiger partial charge < -0.3 is 19.7 Å².